The highest BCUT2D eigenvalue weighted by Gasteiger charge is 2.46. The topological polar surface area (TPSA) is 59.7 Å². The zero-order chi connectivity index (χ0) is 13.4. The van der Waals surface area contributed by atoms with E-state index >= 15 is 0 Å². The van der Waals surface area contributed by atoms with Gasteiger partial charge in [-0.2, -0.15) is 13.2 Å². The lowest BCUT2D eigenvalue weighted by atomic mass is 9.78. The number of halogens is 3. The monoisotopic (exact) mass is 264 g/mol. The van der Waals surface area contributed by atoms with Gasteiger partial charge in [0, 0.05) is 13.2 Å². The Kier molecular flexibility index (Phi) is 3.10. The van der Waals surface area contributed by atoms with E-state index in [0.717, 1.165) is 12.1 Å². The third-order valence-electron chi connectivity index (χ3n) is 3.11. The average Bonchev–Trinajstić information content (AvgIpc) is 2.79. The highest BCUT2D eigenvalue weighted by atomic mass is 19.4. The van der Waals surface area contributed by atoms with Crippen LogP contribution in [0.2, 0.25) is 0 Å². The lowest BCUT2D eigenvalue weighted by Crippen LogP contribution is -2.41. The minimum absolute atomic E-state index is 0.104. The molecule has 1 fully saturated rings. The standard InChI is InChI=1S/C11H11F3O4/c12-11(13,14)8-2-1-7(18-8)10(9(15)16)3-5-17-6-4-10/h1-2H,3-6H2,(H,15,16). The lowest BCUT2D eigenvalue weighted by Gasteiger charge is -2.31. The zero-order valence-electron chi connectivity index (χ0n) is 9.29. The molecule has 4 nitrogen and oxygen atoms in total. The number of furan rings is 1. The number of carboxylic acids is 1. The van der Waals surface area contributed by atoms with Gasteiger partial charge in [0.05, 0.1) is 0 Å². The number of alkyl halides is 3. The first kappa shape index (κ1) is 12.9. The SMILES string of the molecule is O=C(O)C1(c2ccc(C(F)(F)F)o2)CCOCC1. The van der Waals surface area contributed by atoms with Crippen molar-refractivity contribution in [3.63, 3.8) is 0 Å². The summed E-state index contributed by atoms with van der Waals surface area (Å²) >= 11 is 0. The van der Waals surface area contributed by atoms with Gasteiger partial charge in [-0.15, -0.1) is 0 Å². The van der Waals surface area contributed by atoms with E-state index in [-0.39, 0.29) is 31.8 Å². The molecule has 1 aromatic heterocycles. The summed E-state index contributed by atoms with van der Waals surface area (Å²) in [6.07, 6.45) is -4.40. The maximum Gasteiger partial charge on any atom is 0.449 e. The van der Waals surface area contributed by atoms with Gasteiger partial charge in [-0.1, -0.05) is 0 Å². The second-order valence-corrected chi connectivity index (χ2v) is 4.16. The number of ether oxygens (including phenoxy) is 1. The molecule has 1 aliphatic rings. The Labute approximate surface area is 100 Å². The molecule has 0 aromatic carbocycles. The molecular formula is C11H11F3O4. The fourth-order valence-electron chi connectivity index (χ4n) is 2.03. The van der Waals surface area contributed by atoms with E-state index in [9.17, 15) is 23.1 Å². The first-order valence-electron chi connectivity index (χ1n) is 5.35. The van der Waals surface area contributed by atoms with Gasteiger partial charge in [0.25, 0.3) is 0 Å². The minimum Gasteiger partial charge on any atom is -0.480 e. The number of carboxylic acid groups (broad SMARTS) is 1. The summed E-state index contributed by atoms with van der Waals surface area (Å²) in [6.45, 7) is 0.378. The molecule has 0 unspecified atom stereocenters. The number of aliphatic carboxylic acids is 1. The van der Waals surface area contributed by atoms with Crippen molar-refractivity contribution in [3.8, 4) is 0 Å². The van der Waals surface area contributed by atoms with Crippen LogP contribution >= 0.6 is 0 Å². The molecule has 1 aromatic rings. The minimum atomic E-state index is -4.61. The summed E-state index contributed by atoms with van der Waals surface area (Å²) in [5.74, 6) is -2.52. The van der Waals surface area contributed by atoms with Crippen molar-refractivity contribution in [2.45, 2.75) is 24.4 Å². The molecule has 0 saturated carbocycles. The van der Waals surface area contributed by atoms with Crippen LogP contribution in [0, 0.1) is 0 Å². The van der Waals surface area contributed by atoms with Crippen LogP contribution < -0.4 is 0 Å². The predicted octanol–water partition coefficient (Wildman–Crippen LogP) is 2.43. The van der Waals surface area contributed by atoms with Crippen molar-refractivity contribution in [2.75, 3.05) is 13.2 Å². The summed E-state index contributed by atoms with van der Waals surface area (Å²) in [5.41, 5.74) is -1.41. The molecule has 100 valence electrons. The Morgan fingerprint density at radius 2 is 1.89 bits per heavy atom. The van der Waals surface area contributed by atoms with E-state index in [2.05, 4.69) is 0 Å². The van der Waals surface area contributed by atoms with Crippen LogP contribution in [0.3, 0.4) is 0 Å². The smallest absolute Gasteiger partial charge is 0.449 e. The van der Waals surface area contributed by atoms with Crippen LogP contribution in [-0.4, -0.2) is 24.3 Å². The maximum atomic E-state index is 12.4. The quantitative estimate of drug-likeness (QED) is 0.891. The molecule has 0 amide bonds. The van der Waals surface area contributed by atoms with Crippen LogP contribution in [0.1, 0.15) is 24.4 Å². The van der Waals surface area contributed by atoms with Gasteiger partial charge < -0.3 is 14.3 Å². The van der Waals surface area contributed by atoms with Crippen LogP contribution in [0.15, 0.2) is 16.5 Å². The van der Waals surface area contributed by atoms with Crippen molar-refractivity contribution in [3.05, 3.63) is 23.7 Å². The molecule has 0 atom stereocenters. The molecule has 1 aliphatic heterocycles. The molecule has 0 spiro atoms. The van der Waals surface area contributed by atoms with Crippen LogP contribution in [0.5, 0.6) is 0 Å². The van der Waals surface area contributed by atoms with Gasteiger partial charge in [0.2, 0.25) is 5.76 Å². The van der Waals surface area contributed by atoms with Crippen molar-refractivity contribution in [2.24, 2.45) is 0 Å². The van der Waals surface area contributed by atoms with Gasteiger partial charge in [0.15, 0.2) is 0 Å². The van der Waals surface area contributed by atoms with E-state index in [0.29, 0.717) is 0 Å². The second kappa shape index (κ2) is 4.31. The van der Waals surface area contributed by atoms with Gasteiger partial charge >= 0.3 is 12.1 Å². The molecule has 7 heteroatoms. The molecule has 2 rings (SSSR count). The summed E-state index contributed by atoms with van der Waals surface area (Å²) in [5, 5.41) is 9.26. The normalized spacial score (nSPS) is 19.7. The summed E-state index contributed by atoms with van der Waals surface area (Å²) in [4.78, 5) is 11.3. The summed E-state index contributed by atoms with van der Waals surface area (Å²) < 4.78 is 47.0. The molecular weight excluding hydrogens is 253 g/mol. The number of hydrogen-bond acceptors (Lipinski definition) is 3. The first-order chi connectivity index (χ1) is 8.36. The first-order valence-corrected chi connectivity index (χ1v) is 5.35. The highest BCUT2D eigenvalue weighted by molar-refractivity contribution is 5.80. The molecule has 18 heavy (non-hydrogen) atoms. The van der Waals surface area contributed by atoms with Crippen LogP contribution in [0.25, 0.3) is 0 Å². The fourth-order valence-corrected chi connectivity index (χ4v) is 2.03. The molecule has 1 saturated heterocycles. The van der Waals surface area contributed by atoms with Crippen molar-refractivity contribution < 1.29 is 32.2 Å². The van der Waals surface area contributed by atoms with Crippen LogP contribution in [0.4, 0.5) is 13.2 Å². The third-order valence-corrected chi connectivity index (χ3v) is 3.11. The number of rotatable bonds is 2. The van der Waals surface area contributed by atoms with E-state index in [4.69, 9.17) is 9.15 Å². The van der Waals surface area contributed by atoms with Gasteiger partial charge in [-0.3, -0.25) is 4.79 Å². The fraction of sp³-hybridized carbons (Fsp3) is 0.545. The summed E-state index contributed by atoms with van der Waals surface area (Å²) in [6, 6.07) is 1.84. The van der Waals surface area contributed by atoms with Crippen molar-refractivity contribution >= 4 is 5.97 Å². The van der Waals surface area contributed by atoms with E-state index < -0.39 is 23.3 Å². The Morgan fingerprint density at radius 1 is 1.28 bits per heavy atom. The van der Waals surface area contributed by atoms with E-state index in [1.165, 1.54) is 0 Å². The molecule has 1 N–H and O–H groups in total. The largest absolute Gasteiger partial charge is 0.480 e. The third kappa shape index (κ3) is 2.10. The maximum absolute atomic E-state index is 12.4. The Hall–Kier alpha value is -1.50. The molecule has 0 radical (unpaired) electrons. The second-order valence-electron chi connectivity index (χ2n) is 4.16. The molecule has 0 bridgehead atoms. The average molecular weight is 264 g/mol. The Morgan fingerprint density at radius 3 is 2.33 bits per heavy atom. The number of hydrogen-bond donors (Lipinski definition) is 1. The van der Waals surface area contributed by atoms with Gasteiger partial charge in [-0.25, -0.2) is 0 Å². The highest BCUT2D eigenvalue weighted by Crippen LogP contribution is 2.39. The van der Waals surface area contributed by atoms with Crippen LogP contribution in [-0.2, 0) is 21.1 Å². The molecule has 2 heterocycles. The molecule has 0 aliphatic carbocycles. The van der Waals surface area contributed by atoms with E-state index in [1.54, 1.807) is 0 Å². The van der Waals surface area contributed by atoms with Gasteiger partial charge in [0.1, 0.15) is 11.2 Å². The summed E-state index contributed by atoms with van der Waals surface area (Å²) in [7, 11) is 0. The number of carbonyl (C=O) groups is 1. The lowest BCUT2D eigenvalue weighted by molar-refractivity contribution is -0.157. The predicted molar refractivity (Wildman–Crippen MR) is 53.1 cm³/mol. The van der Waals surface area contributed by atoms with E-state index in [1.807, 2.05) is 0 Å². The zero-order valence-corrected chi connectivity index (χ0v) is 9.29. The Bertz CT molecular complexity index is 443. The van der Waals surface area contributed by atoms with Gasteiger partial charge in [-0.05, 0) is 25.0 Å². The van der Waals surface area contributed by atoms with Crippen molar-refractivity contribution in [1.82, 2.24) is 0 Å². The Balaban J connectivity index is 2.38. The van der Waals surface area contributed by atoms with Crippen molar-refractivity contribution in [1.29, 1.82) is 0 Å².